The van der Waals surface area contributed by atoms with Crippen LogP contribution in [0, 0.1) is 17.5 Å². The molecule has 0 fully saturated rings. The minimum atomic E-state index is -1.72. The average Bonchev–Trinajstić information content (AvgIpc) is 3.32. The number of esters is 1. The van der Waals surface area contributed by atoms with Gasteiger partial charge in [0.2, 0.25) is 0 Å². The Balaban J connectivity index is 1.53. The normalized spacial score (nSPS) is 10.8. The van der Waals surface area contributed by atoms with Crippen LogP contribution in [0.5, 0.6) is 0 Å². The van der Waals surface area contributed by atoms with Gasteiger partial charge in [-0.2, -0.15) is 0 Å². The third-order valence-corrected chi connectivity index (χ3v) is 4.35. The Morgan fingerprint density at radius 3 is 2.58 bits per heavy atom. The molecular formula is C22H13F3N2O4. The number of rotatable bonds is 5. The molecule has 2 heterocycles. The summed E-state index contributed by atoms with van der Waals surface area (Å²) in [7, 11) is 0. The number of fused-ring (bicyclic) bond motifs is 1. The van der Waals surface area contributed by atoms with Crippen molar-refractivity contribution in [1.29, 1.82) is 0 Å². The number of aromatic nitrogens is 1. The first-order chi connectivity index (χ1) is 14.9. The summed E-state index contributed by atoms with van der Waals surface area (Å²) in [6, 6.07) is 13.2. The van der Waals surface area contributed by atoms with Gasteiger partial charge >= 0.3 is 5.97 Å². The molecule has 9 heteroatoms. The average molecular weight is 426 g/mol. The van der Waals surface area contributed by atoms with Gasteiger partial charge in [0.1, 0.15) is 5.69 Å². The lowest BCUT2D eigenvalue weighted by Gasteiger charge is -2.10. The summed E-state index contributed by atoms with van der Waals surface area (Å²) in [5.74, 6) is -5.98. The molecule has 0 unspecified atom stereocenters. The minimum absolute atomic E-state index is 0.142. The van der Waals surface area contributed by atoms with Gasteiger partial charge in [-0.1, -0.05) is 18.2 Å². The van der Waals surface area contributed by atoms with E-state index in [0.717, 1.165) is 6.07 Å². The van der Waals surface area contributed by atoms with E-state index in [9.17, 15) is 22.8 Å². The number of amides is 1. The highest BCUT2D eigenvalue weighted by molar-refractivity contribution is 6.05. The van der Waals surface area contributed by atoms with Gasteiger partial charge in [0.15, 0.2) is 29.8 Å². The number of carbonyl (C=O) groups is 2. The maximum Gasteiger partial charge on any atom is 0.339 e. The van der Waals surface area contributed by atoms with E-state index in [4.69, 9.17) is 9.15 Å². The van der Waals surface area contributed by atoms with Crippen LogP contribution in [0.2, 0.25) is 0 Å². The zero-order valence-corrected chi connectivity index (χ0v) is 15.7. The standard InChI is InChI=1S/C22H13F3N2O4/c23-14-7-8-16(21(25)20(14)24)27-19(28)11-31-22(29)13-10-17(18-6-3-9-30-18)26-15-5-2-1-4-12(13)15/h1-10H,11H2,(H,27,28). The van der Waals surface area contributed by atoms with Gasteiger partial charge in [-0.05, 0) is 36.4 Å². The fraction of sp³-hybridized carbons (Fsp3) is 0.0455. The summed E-state index contributed by atoms with van der Waals surface area (Å²) in [6.45, 7) is -0.774. The number of ether oxygens (including phenoxy) is 1. The number of nitrogens with one attached hydrogen (secondary N) is 1. The Kier molecular flexibility index (Phi) is 5.40. The van der Waals surface area contributed by atoms with E-state index in [1.54, 1.807) is 36.4 Å². The highest BCUT2D eigenvalue weighted by Gasteiger charge is 2.19. The molecule has 6 nitrogen and oxygen atoms in total. The Morgan fingerprint density at radius 1 is 1.00 bits per heavy atom. The number of pyridine rings is 1. The summed E-state index contributed by atoms with van der Waals surface area (Å²) in [5.41, 5.74) is 0.471. The first kappa shape index (κ1) is 20.1. The summed E-state index contributed by atoms with van der Waals surface area (Å²) in [4.78, 5) is 29.1. The molecule has 0 aliphatic heterocycles. The van der Waals surface area contributed by atoms with E-state index in [0.29, 0.717) is 28.4 Å². The quantitative estimate of drug-likeness (QED) is 0.369. The van der Waals surface area contributed by atoms with Crippen LogP contribution < -0.4 is 5.32 Å². The van der Waals surface area contributed by atoms with E-state index in [1.807, 2.05) is 5.32 Å². The molecule has 4 rings (SSSR count). The number of anilines is 1. The van der Waals surface area contributed by atoms with E-state index in [-0.39, 0.29) is 5.56 Å². The number of furan rings is 1. The van der Waals surface area contributed by atoms with E-state index >= 15 is 0 Å². The van der Waals surface area contributed by atoms with Crippen molar-refractivity contribution in [3.05, 3.63) is 83.9 Å². The Bertz CT molecular complexity index is 1290. The van der Waals surface area contributed by atoms with Crippen molar-refractivity contribution < 1.29 is 31.9 Å². The van der Waals surface area contributed by atoms with Gasteiger partial charge < -0.3 is 14.5 Å². The summed E-state index contributed by atoms with van der Waals surface area (Å²) in [5, 5.41) is 2.53. The first-order valence-electron chi connectivity index (χ1n) is 8.98. The van der Waals surface area contributed by atoms with Gasteiger partial charge in [0.25, 0.3) is 5.91 Å². The Labute approximate surface area is 173 Å². The number of hydrogen-bond acceptors (Lipinski definition) is 5. The van der Waals surface area contributed by atoms with Gasteiger partial charge in [-0.15, -0.1) is 0 Å². The third kappa shape index (κ3) is 4.11. The Morgan fingerprint density at radius 2 is 1.81 bits per heavy atom. The van der Waals surface area contributed by atoms with Crippen LogP contribution in [0.1, 0.15) is 10.4 Å². The van der Waals surface area contributed by atoms with E-state index in [1.165, 1.54) is 12.3 Å². The van der Waals surface area contributed by atoms with E-state index < -0.39 is 41.6 Å². The lowest BCUT2D eigenvalue weighted by atomic mass is 10.1. The minimum Gasteiger partial charge on any atom is -0.463 e. The molecule has 0 atom stereocenters. The second-order valence-corrected chi connectivity index (χ2v) is 6.40. The van der Waals surface area contributed by atoms with Crippen molar-refractivity contribution >= 4 is 28.5 Å². The second kappa shape index (κ2) is 8.31. The van der Waals surface area contributed by atoms with Crippen molar-refractivity contribution in [2.45, 2.75) is 0 Å². The fourth-order valence-corrected chi connectivity index (χ4v) is 2.91. The smallest absolute Gasteiger partial charge is 0.339 e. The third-order valence-electron chi connectivity index (χ3n) is 4.35. The van der Waals surface area contributed by atoms with Crippen LogP contribution in [-0.2, 0) is 9.53 Å². The van der Waals surface area contributed by atoms with Crippen molar-refractivity contribution in [3.8, 4) is 11.5 Å². The predicted molar refractivity (Wildman–Crippen MR) is 105 cm³/mol. The van der Waals surface area contributed by atoms with Crippen LogP contribution in [0.15, 0.2) is 65.3 Å². The molecule has 0 aliphatic rings. The van der Waals surface area contributed by atoms with Crippen molar-refractivity contribution in [3.63, 3.8) is 0 Å². The summed E-state index contributed by atoms with van der Waals surface area (Å²) < 4.78 is 50.3. The number of hydrogen-bond donors (Lipinski definition) is 1. The van der Waals surface area contributed by atoms with Gasteiger partial charge in [-0.25, -0.2) is 22.9 Å². The number of halogens is 3. The number of benzene rings is 2. The molecule has 4 aromatic rings. The van der Waals surface area contributed by atoms with Crippen LogP contribution in [-0.4, -0.2) is 23.5 Å². The molecule has 1 N–H and O–H groups in total. The highest BCUT2D eigenvalue weighted by Crippen LogP contribution is 2.26. The summed E-state index contributed by atoms with van der Waals surface area (Å²) >= 11 is 0. The number of carbonyl (C=O) groups excluding carboxylic acids is 2. The molecule has 0 saturated carbocycles. The monoisotopic (exact) mass is 426 g/mol. The second-order valence-electron chi connectivity index (χ2n) is 6.40. The van der Waals surface area contributed by atoms with Crippen molar-refractivity contribution in [2.75, 3.05) is 11.9 Å². The molecule has 0 aliphatic carbocycles. The molecule has 0 spiro atoms. The van der Waals surface area contributed by atoms with Gasteiger partial charge in [-0.3, -0.25) is 4.79 Å². The lowest BCUT2D eigenvalue weighted by molar-refractivity contribution is -0.119. The van der Waals surface area contributed by atoms with Crippen molar-refractivity contribution in [1.82, 2.24) is 4.98 Å². The maximum atomic E-state index is 13.7. The highest BCUT2D eigenvalue weighted by atomic mass is 19.2. The maximum absolute atomic E-state index is 13.7. The Hall–Kier alpha value is -4.14. The molecule has 156 valence electrons. The SMILES string of the molecule is O=C(COC(=O)c1cc(-c2ccco2)nc2ccccc12)Nc1ccc(F)c(F)c1F. The van der Waals surface area contributed by atoms with Crippen LogP contribution in [0.3, 0.4) is 0 Å². The van der Waals surface area contributed by atoms with Crippen LogP contribution >= 0.6 is 0 Å². The zero-order chi connectivity index (χ0) is 22.0. The van der Waals surface area contributed by atoms with Crippen molar-refractivity contribution in [2.24, 2.45) is 0 Å². The van der Waals surface area contributed by atoms with Crippen LogP contribution in [0.25, 0.3) is 22.4 Å². The lowest BCUT2D eigenvalue weighted by Crippen LogP contribution is -2.22. The number of para-hydroxylation sites is 1. The predicted octanol–water partition coefficient (Wildman–Crippen LogP) is 4.71. The molecule has 31 heavy (non-hydrogen) atoms. The molecule has 1 amide bonds. The van der Waals surface area contributed by atoms with Gasteiger partial charge in [0.05, 0.1) is 23.0 Å². The topological polar surface area (TPSA) is 81.4 Å². The fourth-order valence-electron chi connectivity index (χ4n) is 2.91. The molecule has 0 radical (unpaired) electrons. The molecule has 2 aromatic carbocycles. The first-order valence-corrected chi connectivity index (χ1v) is 8.98. The van der Waals surface area contributed by atoms with Crippen LogP contribution in [0.4, 0.5) is 18.9 Å². The van der Waals surface area contributed by atoms with Gasteiger partial charge in [0, 0.05) is 5.39 Å². The zero-order valence-electron chi connectivity index (χ0n) is 15.7. The largest absolute Gasteiger partial charge is 0.463 e. The number of nitrogens with zero attached hydrogens (tertiary/aromatic N) is 1. The molecule has 2 aromatic heterocycles. The molecule has 0 saturated heterocycles. The molecular weight excluding hydrogens is 413 g/mol. The van der Waals surface area contributed by atoms with E-state index in [2.05, 4.69) is 4.98 Å². The molecule has 0 bridgehead atoms. The summed E-state index contributed by atoms with van der Waals surface area (Å²) in [6.07, 6.45) is 1.46.